The fourth-order valence-electron chi connectivity index (χ4n) is 0.859. The molecule has 3 nitrogen and oxygen atoms in total. The molecule has 0 rings (SSSR count). The molecule has 0 atom stereocenters. The quantitative estimate of drug-likeness (QED) is 0.649. The Labute approximate surface area is 80.4 Å². The van der Waals surface area contributed by atoms with Crippen LogP contribution in [0.4, 0.5) is 0 Å². The highest BCUT2D eigenvalue weighted by Gasteiger charge is 2.10. The Morgan fingerprint density at radius 2 is 2.00 bits per heavy atom. The number of allylic oxidation sites excluding steroid dienone is 1. The SMILES string of the molecule is CCN/C(=C\CC(C)(C)C)C(N)=O. The predicted molar refractivity (Wildman–Crippen MR) is 55.0 cm³/mol. The molecule has 0 spiro atoms. The van der Waals surface area contributed by atoms with Crippen LogP contribution in [0.1, 0.15) is 34.1 Å². The van der Waals surface area contributed by atoms with E-state index in [0.717, 1.165) is 13.0 Å². The molecule has 3 heteroatoms. The summed E-state index contributed by atoms with van der Waals surface area (Å²) in [5, 5.41) is 2.94. The summed E-state index contributed by atoms with van der Waals surface area (Å²) in [5.74, 6) is -0.383. The minimum atomic E-state index is -0.383. The number of rotatable bonds is 4. The van der Waals surface area contributed by atoms with Crippen molar-refractivity contribution in [1.82, 2.24) is 5.32 Å². The summed E-state index contributed by atoms with van der Waals surface area (Å²) >= 11 is 0. The van der Waals surface area contributed by atoms with Gasteiger partial charge in [-0.05, 0) is 18.8 Å². The van der Waals surface area contributed by atoms with E-state index in [0.29, 0.717) is 5.70 Å². The molecular weight excluding hydrogens is 164 g/mol. The monoisotopic (exact) mass is 184 g/mol. The van der Waals surface area contributed by atoms with Crippen molar-refractivity contribution in [2.24, 2.45) is 11.1 Å². The van der Waals surface area contributed by atoms with Crippen LogP contribution in [0.3, 0.4) is 0 Å². The van der Waals surface area contributed by atoms with E-state index in [2.05, 4.69) is 26.1 Å². The third kappa shape index (κ3) is 6.20. The van der Waals surface area contributed by atoms with E-state index in [1.807, 2.05) is 13.0 Å². The summed E-state index contributed by atoms with van der Waals surface area (Å²) in [6.07, 6.45) is 2.71. The van der Waals surface area contributed by atoms with Crippen molar-refractivity contribution in [2.45, 2.75) is 34.1 Å². The fourth-order valence-corrected chi connectivity index (χ4v) is 0.859. The first kappa shape index (κ1) is 12.0. The maximum Gasteiger partial charge on any atom is 0.264 e. The van der Waals surface area contributed by atoms with Crippen molar-refractivity contribution < 1.29 is 4.79 Å². The van der Waals surface area contributed by atoms with E-state index in [1.54, 1.807) is 0 Å². The highest BCUT2D eigenvalue weighted by molar-refractivity contribution is 5.91. The molecule has 76 valence electrons. The van der Waals surface area contributed by atoms with Gasteiger partial charge in [-0.25, -0.2) is 0 Å². The summed E-state index contributed by atoms with van der Waals surface area (Å²) in [4.78, 5) is 10.9. The number of amides is 1. The maximum absolute atomic E-state index is 10.9. The van der Waals surface area contributed by atoms with E-state index in [4.69, 9.17) is 5.73 Å². The van der Waals surface area contributed by atoms with Gasteiger partial charge in [0, 0.05) is 6.54 Å². The number of hydrogen-bond donors (Lipinski definition) is 2. The normalized spacial score (nSPS) is 12.8. The molecule has 0 bridgehead atoms. The van der Waals surface area contributed by atoms with Gasteiger partial charge in [0.25, 0.3) is 5.91 Å². The molecule has 0 fully saturated rings. The van der Waals surface area contributed by atoms with Gasteiger partial charge in [-0.15, -0.1) is 0 Å². The second-order valence-electron chi connectivity index (χ2n) is 4.28. The lowest BCUT2D eigenvalue weighted by Crippen LogP contribution is -2.26. The van der Waals surface area contributed by atoms with Crippen LogP contribution >= 0.6 is 0 Å². The number of carbonyl (C=O) groups is 1. The van der Waals surface area contributed by atoms with Crippen molar-refractivity contribution in [3.63, 3.8) is 0 Å². The first-order valence-corrected chi connectivity index (χ1v) is 4.60. The average molecular weight is 184 g/mol. The minimum Gasteiger partial charge on any atom is -0.381 e. The number of carbonyl (C=O) groups excluding carboxylic acids is 1. The molecule has 0 aliphatic heterocycles. The molecule has 0 radical (unpaired) electrons. The molecule has 0 aromatic carbocycles. The van der Waals surface area contributed by atoms with Crippen LogP contribution in [-0.4, -0.2) is 12.5 Å². The lowest BCUT2D eigenvalue weighted by molar-refractivity contribution is -0.114. The van der Waals surface area contributed by atoms with Crippen LogP contribution in [0, 0.1) is 5.41 Å². The minimum absolute atomic E-state index is 0.191. The molecule has 3 N–H and O–H groups in total. The molecule has 0 unspecified atom stereocenters. The van der Waals surface area contributed by atoms with E-state index in [1.165, 1.54) is 0 Å². The van der Waals surface area contributed by atoms with Gasteiger partial charge in [0.2, 0.25) is 0 Å². The van der Waals surface area contributed by atoms with Gasteiger partial charge >= 0.3 is 0 Å². The maximum atomic E-state index is 10.9. The molecule has 0 aromatic rings. The van der Waals surface area contributed by atoms with E-state index in [9.17, 15) is 4.79 Å². The topological polar surface area (TPSA) is 55.1 Å². The van der Waals surface area contributed by atoms with Gasteiger partial charge in [-0.3, -0.25) is 4.79 Å². The predicted octanol–water partition coefficient (Wildman–Crippen LogP) is 1.40. The molecule has 0 heterocycles. The second kappa shape index (κ2) is 4.90. The highest BCUT2D eigenvalue weighted by atomic mass is 16.1. The molecular formula is C10H20N2O. The number of nitrogens with one attached hydrogen (secondary N) is 1. The second-order valence-corrected chi connectivity index (χ2v) is 4.28. The summed E-state index contributed by atoms with van der Waals surface area (Å²) < 4.78 is 0. The summed E-state index contributed by atoms with van der Waals surface area (Å²) in [6, 6.07) is 0. The molecule has 1 amide bonds. The van der Waals surface area contributed by atoms with Gasteiger partial charge < -0.3 is 11.1 Å². The summed E-state index contributed by atoms with van der Waals surface area (Å²) in [7, 11) is 0. The Bertz CT molecular complexity index is 201. The summed E-state index contributed by atoms with van der Waals surface area (Å²) in [5.41, 5.74) is 5.90. The first-order chi connectivity index (χ1) is 5.87. The van der Waals surface area contributed by atoms with Crippen molar-refractivity contribution in [1.29, 1.82) is 0 Å². The molecule has 0 aliphatic carbocycles. The van der Waals surface area contributed by atoms with Crippen molar-refractivity contribution in [3.05, 3.63) is 11.8 Å². The fraction of sp³-hybridized carbons (Fsp3) is 0.700. The lowest BCUT2D eigenvalue weighted by atomic mass is 9.92. The molecule has 0 saturated heterocycles. The lowest BCUT2D eigenvalue weighted by Gasteiger charge is -2.16. The van der Waals surface area contributed by atoms with Crippen molar-refractivity contribution in [2.75, 3.05) is 6.54 Å². The number of nitrogens with two attached hydrogens (primary N) is 1. The third-order valence-corrected chi connectivity index (χ3v) is 1.55. The zero-order chi connectivity index (χ0) is 10.5. The standard InChI is InChI=1S/C10H20N2O/c1-5-12-8(9(11)13)6-7-10(2,3)4/h6,12H,5,7H2,1-4H3,(H2,11,13)/b8-6-. The van der Waals surface area contributed by atoms with Crippen LogP contribution < -0.4 is 11.1 Å². The van der Waals surface area contributed by atoms with Crippen LogP contribution in [0.15, 0.2) is 11.8 Å². The van der Waals surface area contributed by atoms with E-state index < -0.39 is 0 Å². The highest BCUT2D eigenvalue weighted by Crippen LogP contribution is 2.19. The van der Waals surface area contributed by atoms with Gasteiger partial charge in [0.1, 0.15) is 0 Å². The van der Waals surface area contributed by atoms with Crippen LogP contribution in [0.5, 0.6) is 0 Å². The summed E-state index contributed by atoms with van der Waals surface area (Å²) in [6.45, 7) is 9.02. The average Bonchev–Trinajstić information content (AvgIpc) is 1.95. The molecule has 0 saturated carbocycles. The van der Waals surface area contributed by atoms with Gasteiger partial charge in [-0.2, -0.15) is 0 Å². The molecule has 0 aromatic heterocycles. The van der Waals surface area contributed by atoms with E-state index >= 15 is 0 Å². The van der Waals surface area contributed by atoms with Gasteiger partial charge in [-0.1, -0.05) is 26.8 Å². The number of hydrogen-bond acceptors (Lipinski definition) is 2. The van der Waals surface area contributed by atoms with Crippen LogP contribution in [-0.2, 0) is 4.79 Å². The Hall–Kier alpha value is -0.990. The number of primary amides is 1. The Morgan fingerprint density at radius 1 is 1.46 bits per heavy atom. The van der Waals surface area contributed by atoms with Crippen molar-refractivity contribution >= 4 is 5.91 Å². The third-order valence-electron chi connectivity index (χ3n) is 1.55. The molecule has 0 aliphatic rings. The number of likely N-dealkylation sites (N-methyl/N-ethyl adjacent to an activating group) is 1. The Kier molecular flexibility index (Phi) is 4.52. The Balaban J connectivity index is 4.28. The smallest absolute Gasteiger partial charge is 0.264 e. The van der Waals surface area contributed by atoms with Crippen LogP contribution in [0.2, 0.25) is 0 Å². The molecule has 13 heavy (non-hydrogen) atoms. The van der Waals surface area contributed by atoms with Gasteiger partial charge in [0.15, 0.2) is 0 Å². The van der Waals surface area contributed by atoms with E-state index in [-0.39, 0.29) is 11.3 Å². The zero-order valence-corrected chi connectivity index (χ0v) is 8.98. The zero-order valence-electron chi connectivity index (χ0n) is 8.98. The van der Waals surface area contributed by atoms with Gasteiger partial charge in [0.05, 0.1) is 5.70 Å². The van der Waals surface area contributed by atoms with Crippen molar-refractivity contribution in [3.8, 4) is 0 Å². The van der Waals surface area contributed by atoms with Crippen LogP contribution in [0.25, 0.3) is 0 Å². The Morgan fingerprint density at radius 3 is 2.31 bits per heavy atom. The first-order valence-electron chi connectivity index (χ1n) is 4.60. The largest absolute Gasteiger partial charge is 0.381 e.